The van der Waals surface area contributed by atoms with E-state index < -0.39 is 0 Å². The van der Waals surface area contributed by atoms with Gasteiger partial charge in [-0.1, -0.05) is 13.8 Å². The normalized spacial score (nSPS) is 15.1. The Morgan fingerprint density at radius 2 is 2.29 bits per heavy atom. The monoisotopic (exact) mass is 213 g/mol. The van der Waals surface area contributed by atoms with E-state index in [0.717, 1.165) is 23.7 Å². The smallest absolute Gasteiger partial charge is 0.183 e. The van der Waals surface area contributed by atoms with Gasteiger partial charge in [0.05, 0.1) is 5.69 Å². The van der Waals surface area contributed by atoms with Gasteiger partial charge in [-0.2, -0.15) is 0 Å². The zero-order chi connectivity index (χ0) is 10.6. The molecule has 80 valence electrons. The van der Waals surface area contributed by atoms with Crippen molar-refractivity contribution in [3.05, 3.63) is 11.1 Å². The Morgan fingerprint density at radius 3 is 2.71 bits per heavy atom. The van der Waals surface area contributed by atoms with Gasteiger partial charge in [0, 0.05) is 17.5 Å². The van der Waals surface area contributed by atoms with Gasteiger partial charge in [-0.25, -0.2) is 4.98 Å². The van der Waals surface area contributed by atoms with Crippen LogP contribution in [0.25, 0.3) is 0 Å². The Bertz CT molecular complexity index is 279. The Balaban J connectivity index is 2.67. The lowest BCUT2D eigenvalue weighted by atomic mass is 10.00. The maximum absolute atomic E-state index is 5.72. The summed E-state index contributed by atoms with van der Waals surface area (Å²) in [6, 6.07) is 0. The predicted octanol–water partition coefficient (Wildman–Crippen LogP) is 2.24. The quantitative estimate of drug-likeness (QED) is 0.788. The van der Waals surface area contributed by atoms with Gasteiger partial charge in [-0.3, -0.25) is 0 Å². The molecule has 0 amide bonds. The van der Waals surface area contributed by atoms with Crippen molar-refractivity contribution >= 4 is 16.5 Å². The average molecular weight is 213 g/mol. The highest BCUT2D eigenvalue weighted by molar-refractivity contribution is 7.13. The summed E-state index contributed by atoms with van der Waals surface area (Å²) in [5.74, 6) is 0. The first-order valence-electron chi connectivity index (χ1n) is 5.06. The van der Waals surface area contributed by atoms with E-state index in [-0.39, 0.29) is 5.54 Å². The van der Waals surface area contributed by atoms with Gasteiger partial charge < -0.3 is 11.1 Å². The highest BCUT2D eigenvalue weighted by atomic mass is 32.1. The van der Waals surface area contributed by atoms with E-state index in [2.05, 4.69) is 36.5 Å². The number of aromatic nitrogens is 1. The first kappa shape index (κ1) is 11.5. The number of thiazole rings is 1. The second-order valence-electron chi connectivity index (χ2n) is 3.74. The van der Waals surface area contributed by atoms with E-state index >= 15 is 0 Å². The topological polar surface area (TPSA) is 50.9 Å². The second-order valence-corrected chi connectivity index (χ2v) is 4.60. The van der Waals surface area contributed by atoms with Crippen molar-refractivity contribution in [2.24, 2.45) is 5.73 Å². The molecule has 0 aromatic carbocycles. The number of aryl methyl sites for hydroxylation is 1. The minimum atomic E-state index is -0.0249. The third-order valence-corrected chi connectivity index (χ3v) is 3.36. The molecule has 0 fully saturated rings. The molecule has 1 unspecified atom stereocenters. The molecule has 1 rings (SSSR count). The van der Waals surface area contributed by atoms with Crippen LogP contribution in [0.5, 0.6) is 0 Å². The van der Waals surface area contributed by atoms with Crippen molar-refractivity contribution in [2.45, 2.75) is 39.2 Å². The molecule has 0 radical (unpaired) electrons. The van der Waals surface area contributed by atoms with E-state index in [9.17, 15) is 0 Å². The maximum atomic E-state index is 5.72. The number of anilines is 1. The molecular formula is C10H19N3S. The van der Waals surface area contributed by atoms with Crippen LogP contribution in [-0.2, 0) is 6.42 Å². The SMILES string of the molecule is CCc1csc(NC(C)(CC)CN)n1. The molecule has 0 aliphatic heterocycles. The Morgan fingerprint density at radius 1 is 1.57 bits per heavy atom. The number of rotatable bonds is 5. The standard InChI is InChI=1S/C10H19N3S/c1-4-8-6-14-9(12-8)13-10(3,5-2)7-11/h6H,4-5,7,11H2,1-3H3,(H,12,13). The van der Waals surface area contributed by atoms with Crippen LogP contribution in [0.4, 0.5) is 5.13 Å². The fraction of sp³-hybridized carbons (Fsp3) is 0.700. The molecule has 0 saturated carbocycles. The molecule has 3 N–H and O–H groups in total. The molecule has 0 saturated heterocycles. The number of nitrogens with zero attached hydrogens (tertiary/aromatic N) is 1. The first-order valence-corrected chi connectivity index (χ1v) is 5.94. The van der Waals surface area contributed by atoms with Gasteiger partial charge in [0.2, 0.25) is 0 Å². The lowest BCUT2D eigenvalue weighted by Gasteiger charge is -2.27. The van der Waals surface area contributed by atoms with Gasteiger partial charge in [-0.05, 0) is 19.8 Å². The highest BCUT2D eigenvalue weighted by Gasteiger charge is 2.20. The molecule has 1 heterocycles. The van der Waals surface area contributed by atoms with E-state index in [1.54, 1.807) is 11.3 Å². The summed E-state index contributed by atoms with van der Waals surface area (Å²) >= 11 is 1.65. The van der Waals surface area contributed by atoms with Crippen LogP contribution < -0.4 is 11.1 Å². The average Bonchev–Trinajstić information content (AvgIpc) is 2.65. The van der Waals surface area contributed by atoms with Crippen LogP contribution in [0.3, 0.4) is 0 Å². The number of hydrogen-bond donors (Lipinski definition) is 2. The zero-order valence-electron chi connectivity index (χ0n) is 9.13. The molecule has 1 aromatic rings. The minimum Gasteiger partial charge on any atom is -0.355 e. The summed E-state index contributed by atoms with van der Waals surface area (Å²) in [5.41, 5.74) is 6.84. The minimum absolute atomic E-state index is 0.0249. The predicted molar refractivity (Wildman–Crippen MR) is 62.9 cm³/mol. The third kappa shape index (κ3) is 2.69. The van der Waals surface area contributed by atoms with E-state index in [0.29, 0.717) is 6.54 Å². The molecule has 0 spiro atoms. The summed E-state index contributed by atoms with van der Waals surface area (Å²) in [6.45, 7) is 7.00. The van der Waals surface area contributed by atoms with Gasteiger partial charge in [-0.15, -0.1) is 11.3 Å². The Kier molecular flexibility index (Phi) is 3.89. The summed E-state index contributed by atoms with van der Waals surface area (Å²) in [7, 11) is 0. The third-order valence-electron chi connectivity index (χ3n) is 2.55. The molecule has 0 bridgehead atoms. The van der Waals surface area contributed by atoms with Gasteiger partial charge in [0.1, 0.15) is 0 Å². The van der Waals surface area contributed by atoms with E-state index in [1.807, 2.05) is 0 Å². The lowest BCUT2D eigenvalue weighted by molar-refractivity contribution is 0.506. The molecule has 0 aliphatic carbocycles. The molecule has 1 atom stereocenters. The van der Waals surface area contributed by atoms with Crippen molar-refractivity contribution in [2.75, 3.05) is 11.9 Å². The molecule has 1 aromatic heterocycles. The van der Waals surface area contributed by atoms with Crippen LogP contribution >= 0.6 is 11.3 Å². The Labute approximate surface area is 89.7 Å². The van der Waals surface area contributed by atoms with Crippen LogP contribution in [0.2, 0.25) is 0 Å². The molecule has 0 aliphatic rings. The lowest BCUT2D eigenvalue weighted by Crippen LogP contribution is -2.41. The van der Waals surface area contributed by atoms with Gasteiger partial charge >= 0.3 is 0 Å². The van der Waals surface area contributed by atoms with Crippen LogP contribution in [-0.4, -0.2) is 17.1 Å². The zero-order valence-corrected chi connectivity index (χ0v) is 9.95. The molecule has 14 heavy (non-hydrogen) atoms. The van der Waals surface area contributed by atoms with Crippen LogP contribution in [0, 0.1) is 0 Å². The largest absolute Gasteiger partial charge is 0.355 e. The van der Waals surface area contributed by atoms with Crippen molar-refractivity contribution in [3.8, 4) is 0 Å². The van der Waals surface area contributed by atoms with Crippen LogP contribution in [0.1, 0.15) is 32.9 Å². The van der Waals surface area contributed by atoms with Crippen LogP contribution in [0.15, 0.2) is 5.38 Å². The highest BCUT2D eigenvalue weighted by Crippen LogP contribution is 2.21. The number of nitrogens with two attached hydrogens (primary N) is 1. The van der Waals surface area contributed by atoms with Crippen molar-refractivity contribution in [1.82, 2.24) is 4.98 Å². The van der Waals surface area contributed by atoms with E-state index in [4.69, 9.17) is 5.73 Å². The number of nitrogens with one attached hydrogen (secondary N) is 1. The molecular weight excluding hydrogens is 194 g/mol. The first-order chi connectivity index (χ1) is 6.63. The van der Waals surface area contributed by atoms with E-state index in [1.165, 1.54) is 0 Å². The fourth-order valence-corrected chi connectivity index (χ4v) is 2.01. The summed E-state index contributed by atoms with van der Waals surface area (Å²) in [6.07, 6.45) is 1.99. The summed E-state index contributed by atoms with van der Waals surface area (Å²) in [4.78, 5) is 4.46. The van der Waals surface area contributed by atoms with Crippen molar-refractivity contribution in [3.63, 3.8) is 0 Å². The van der Waals surface area contributed by atoms with Gasteiger partial charge in [0.15, 0.2) is 5.13 Å². The fourth-order valence-electron chi connectivity index (χ4n) is 1.07. The summed E-state index contributed by atoms with van der Waals surface area (Å²) < 4.78 is 0. The molecule has 4 heteroatoms. The summed E-state index contributed by atoms with van der Waals surface area (Å²) in [5, 5.41) is 6.47. The Hall–Kier alpha value is -0.610. The maximum Gasteiger partial charge on any atom is 0.183 e. The molecule has 3 nitrogen and oxygen atoms in total. The van der Waals surface area contributed by atoms with Crippen molar-refractivity contribution in [1.29, 1.82) is 0 Å². The second kappa shape index (κ2) is 4.75. The number of hydrogen-bond acceptors (Lipinski definition) is 4. The van der Waals surface area contributed by atoms with Gasteiger partial charge in [0.25, 0.3) is 0 Å². The van der Waals surface area contributed by atoms with Crippen molar-refractivity contribution < 1.29 is 0 Å².